The third-order valence-electron chi connectivity index (χ3n) is 3.72. The average molecular weight is 352 g/mol. The van der Waals surface area contributed by atoms with Crippen LogP contribution >= 0.6 is 0 Å². The summed E-state index contributed by atoms with van der Waals surface area (Å²) < 4.78 is 13.9. The fraction of sp³-hybridized carbons (Fsp3) is 0.100. The molecule has 0 aliphatic rings. The molecule has 5 nitrogen and oxygen atoms in total. The lowest BCUT2D eigenvalue weighted by molar-refractivity contribution is 0.0863. The van der Waals surface area contributed by atoms with E-state index >= 15 is 0 Å². The highest BCUT2D eigenvalue weighted by atomic mass is 19.1. The number of aryl methyl sites for hydroxylation is 1. The maximum atomic E-state index is 12.9. The summed E-state index contributed by atoms with van der Waals surface area (Å²) in [5.74, 6) is -0.860. The summed E-state index contributed by atoms with van der Waals surface area (Å²) in [7, 11) is 0. The maximum absolute atomic E-state index is 12.9. The lowest BCUT2D eigenvalue weighted by Gasteiger charge is -2.10. The Bertz CT molecular complexity index is 981. The van der Waals surface area contributed by atoms with Crippen molar-refractivity contribution in [1.82, 2.24) is 4.73 Å². The zero-order valence-electron chi connectivity index (χ0n) is 14.1. The molecule has 0 unspecified atom stereocenters. The standard InChI is InChI=1S/C20H17FN2O3/c1-14-4-2-5-17(12-14)22-19(24)18-6-3-11-23(20(18)25)26-13-15-7-9-16(21)10-8-15/h2-12H,13H2,1H3,(H,22,24). The fourth-order valence-corrected chi connectivity index (χ4v) is 2.40. The molecule has 0 aliphatic carbocycles. The van der Waals surface area contributed by atoms with Crippen molar-refractivity contribution >= 4 is 11.6 Å². The molecule has 0 saturated carbocycles. The molecule has 0 saturated heterocycles. The Morgan fingerprint density at radius 2 is 1.88 bits per heavy atom. The van der Waals surface area contributed by atoms with Crippen LogP contribution < -0.4 is 15.7 Å². The van der Waals surface area contributed by atoms with Gasteiger partial charge in [-0.15, -0.1) is 0 Å². The Kier molecular flexibility index (Phi) is 5.12. The van der Waals surface area contributed by atoms with Crippen LogP contribution in [0, 0.1) is 12.7 Å². The molecule has 1 aromatic heterocycles. The zero-order chi connectivity index (χ0) is 18.5. The van der Waals surface area contributed by atoms with Crippen molar-refractivity contribution in [3.63, 3.8) is 0 Å². The second-order valence-electron chi connectivity index (χ2n) is 5.78. The normalized spacial score (nSPS) is 10.4. The summed E-state index contributed by atoms with van der Waals surface area (Å²) in [5, 5.41) is 2.70. The molecular formula is C20H17FN2O3. The van der Waals surface area contributed by atoms with Gasteiger partial charge >= 0.3 is 0 Å². The molecule has 0 aliphatic heterocycles. The average Bonchev–Trinajstić information content (AvgIpc) is 2.62. The minimum atomic E-state index is -0.570. The van der Waals surface area contributed by atoms with Crippen LogP contribution in [-0.2, 0) is 6.61 Å². The highest BCUT2D eigenvalue weighted by Crippen LogP contribution is 2.10. The van der Waals surface area contributed by atoms with Gasteiger partial charge in [0.2, 0.25) is 0 Å². The number of hydrogen-bond donors (Lipinski definition) is 1. The summed E-state index contributed by atoms with van der Waals surface area (Å²) in [6.07, 6.45) is 1.43. The largest absolute Gasteiger partial charge is 0.406 e. The molecule has 0 atom stereocenters. The summed E-state index contributed by atoms with van der Waals surface area (Å²) >= 11 is 0. The van der Waals surface area contributed by atoms with Crippen molar-refractivity contribution in [2.75, 3.05) is 5.32 Å². The van der Waals surface area contributed by atoms with Gasteiger partial charge in [0.05, 0.1) is 0 Å². The number of pyridine rings is 1. The molecule has 1 heterocycles. The topological polar surface area (TPSA) is 60.3 Å². The Balaban J connectivity index is 1.75. The van der Waals surface area contributed by atoms with Crippen LogP contribution in [0.5, 0.6) is 0 Å². The van der Waals surface area contributed by atoms with E-state index in [0.717, 1.165) is 10.3 Å². The predicted molar refractivity (Wildman–Crippen MR) is 96.5 cm³/mol. The first-order chi connectivity index (χ1) is 12.5. The number of hydrogen-bond acceptors (Lipinski definition) is 3. The number of aromatic nitrogens is 1. The van der Waals surface area contributed by atoms with Crippen molar-refractivity contribution < 1.29 is 14.0 Å². The van der Waals surface area contributed by atoms with Gasteiger partial charge in [-0.3, -0.25) is 9.59 Å². The number of amides is 1. The van der Waals surface area contributed by atoms with Crippen LogP contribution in [0.4, 0.5) is 10.1 Å². The van der Waals surface area contributed by atoms with E-state index in [2.05, 4.69) is 5.32 Å². The Labute approximate surface area is 149 Å². The lowest BCUT2D eigenvalue weighted by atomic mass is 10.2. The molecule has 0 fully saturated rings. The van der Waals surface area contributed by atoms with Crippen molar-refractivity contribution in [3.8, 4) is 0 Å². The fourth-order valence-electron chi connectivity index (χ4n) is 2.40. The summed E-state index contributed by atoms with van der Waals surface area (Å²) in [4.78, 5) is 30.3. The van der Waals surface area contributed by atoms with E-state index in [1.54, 1.807) is 24.3 Å². The SMILES string of the molecule is Cc1cccc(NC(=O)c2cccn(OCc3ccc(F)cc3)c2=O)c1. The van der Waals surface area contributed by atoms with Crippen molar-refractivity contribution in [2.45, 2.75) is 13.5 Å². The van der Waals surface area contributed by atoms with Gasteiger partial charge in [0.1, 0.15) is 18.0 Å². The van der Waals surface area contributed by atoms with Gasteiger partial charge in [0.25, 0.3) is 11.5 Å². The number of halogens is 1. The van der Waals surface area contributed by atoms with E-state index < -0.39 is 11.5 Å². The summed E-state index contributed by atoms with van der Waals surface area (Å²) in [6, 6.07) is 16.0. The van der Waals surface area contributed by atoms with Crippen molar-refractivity contribution in [3.05, 3.63) is 99.7 Å². The van der Waals surface area contributed by atoms with Gasteiger partial charge in [-0.1, -0.05) is 24.3 Å². The highest BCUT2D eigenvalue weighted by Gasteiger charge is 2.13. The van der Waals surface area contributed by atoms with Gasteiger partial charge < -0.3 is 10.2 Å². The monoisotopic (exact) mass is 352 g/mol. The number of rotatable bonds is 5. The number of benzene rings is 2. The van der Waals surface area contributed by atoms with E-state index in [-0.39, 0.29) is 18.0 Å². The highest BCUT2D eigenvalue weighted by molar-refractivity contribution is 6.03. The molecule has 6 heteroatoms. The van der Waals surface area contributed by atoms with Gasteiger partial charge in [-0.2, -0.15) is 4.73 Å². The smallest absolute Gasteiger partial charge is 0.295 e. The van der Waals surface area contributed by atoms with Crippen LogP contribution in [0.15, 0.2) is 71.7 Å². The molecule has 1 amide bonds. The zero-order valence-corrected chi connectivity index (χ0v) is 14.1. The molecule has 3 aromatic rings. The molecule has 0 radical (unpaired) electrons. The van der Waals surface area contributed by atoms with Gasteiger partial charge in [-0.05, 0) is 54.4 Å². The third-order valence-corrected chi connectivity index (χ3v) is 3.72. The second kappa shape index (κ2) is 7.65. The molecule has 26 heavy (non-hydrogen) atoms. The number of anilines is 1. The predicted octanol–water partition coefficient (Wildman–Crippen LogP) is 3.18. The second-order valence-corrected chi connectivity index (χ2v) is 5.78. The van der Waals surface area contributed by atoms with Crippen LogP contribution in [0.25, 0.3) is 0 Å². The van der Waals surface area contributed by atoms with Gasteiger partial charge in [-0.25, -0.2) is 4.39 Å². The molecular weight excluding hydrogens is 335 g/mol. The van der Waals surface area contributed by atoms with Crippen LogP contribution in [0.1, 0.15) is 21.5 Å². The van der Waals surface area contributed by atoms with E-state index in [9.17, 15) is 14.0 Å². The van der Waals surface area contributed by atoms with Crippen LogP contribution in [0.2, 0.25) is 0 Å². The molecule has 1 N–H and O–H groups in total. The Hall–Kier alpha value is -3.41. The van der Waals surface area contributed by atoms with Crippen LogP contribution in [-0.4, -0.2) is 10.6 Å². The molecule has 0 spiro atoms. The first-order valence-electron chi connectivity index (χ1n) is 8.00. The molecule has 132 valence electrons. The van der Waals surface area contributed by atoms with Gasteiger partial charge in [0.15, 0.2) is 0 Å². The van der Waals surface area contributed by atoms with Crippen molar-refractivity contribution in [1.29, 1.82) is 0 Å². The quantitative estimate of drug-likeness (QED) is 0.767. The van der Waals surface area contributed by atoms with E-state index in [4.69, 9.17) is 4.84 Å². The first-order valence-corrected chi connectivity index (χ1v) is 8.00. The Morgan fingerprint density at radius 1 is 1.12 bits per heavy atom. The number of nitrogens with zero attached hydrogens (tertiary/aromatic N) is 1. The molecule has 0 bridgehead atoms. The first kappa shape index (κ1) is 17.4. The summed E-state index contributed by atoms with van der Waals surface area (Å²) in [5.41, 5.74) is 1.70. The molecule has 2 aromatic carbocycles. The van der Waals surface area contributed by atoms with Crippen molar-refractivity contribution in [2.24, 2.45) is 0 Å². The maximum Gasteiger partial charge on any atom is 0.295 e. The van der Waals surface area contributed by atoms with Crippen LogP contribution in [0.3, 0.4) is 0 Å². The van der Waals surface area contributed by atoms with E-state index in [1.807, 2.05) is 25.1 Å². The van der Waals surface area contributed by atoms with E-state index in [0.29, 0.717) is 11.3 Å². The number of carbonyl (C=O) groups is 1. The Morgan fingerprint density at radius 3 is 2.62 bits per heavy atom. The molecule has 3 rings (SSSR count). The summed E-state index contributed by atoms with van der Waals surface area (Å²) in [6.45, 7) is 1.98. The van der Waals surface area contributed by atoms with Gasteiger partial charge in [0, 0.05) is 11.9 Å². The van der Waals surface area contributed by atoms with E-state index in [1.165, 1.54) is 24.4 Å². The number of nitrogens with one attached hydrogen (secondary N) is 1. The number of carbonyl (C=O) groups excluding carboxylic acids is 1. The lowest BCUT2D eigenvalue weighted by Crippen LogP contribution is -2.32. The minimum Gasteiger partial charge on any atom is -0.406 e. The minimum absolute atomic E-state index is 0.0342. The third kappa shape index (κ3) is 4.16.